The molecule has 0 atom stereocenters. The summed E-state index contributed by atoms with van der Waals surface area (Å²) in [5.74, 6) is 0.862. The number of benzene rings is 2. The molecule has 0 aliphatic heterocycles. The molecule has 0 aliphatic carbocycles. The van der Waals surface area contributed by atoms with E-state index in [9.17, 15) is 0 Å². The smallest absolute Gasteiger partial charge is 0.191 e. The topological polar surface area (TPSA) is 99.6 Å². The molecule has 0 fully saturated rings. The number of nitrogens with zero attached hydrogens (tertiary/aromatic N) is 2. The first-order valence-electron chi connectivity index (χ1n) is 9.07. The predicted octanol–water partition coefficient (Wildman–Crippen LogP) is 2.64. The highest BCUT2D eigenvalue weighted by molar-refractivity contribution is 5.88. The predicted molar refractivity (Wildman–Crippen MR) is 106 cm³/mol. The molecule has 0 saturated carbocycles. The Bertz CT molecular complexity index is 850. The van der Waals surface area contributed by atoms with Crippen LogP contribution in [0.1, 0.15) is 0 Å². The second-order valence-electron chi connectivity index (χ2n) is 5.89. The molecule has 10 heteroatoms. The van der Waals surface area contributed by atoms with Crippen LogP contribution < -0.4 is 9.47 Å². The van der Waals surface area contributed by atoms with Crippen molar-refractivity contribution in [1.82, 2.24) is 9.97 Å². The molecule has 0 amide bonds. The number of rotatable bonds is 14. The standard InChI is InChI=1S/C20H24N2O8/c1-23-9-25-11-27-13-29-19-7-17-18(22-16-6-4-3-5-15(16)21-17)8-20(19)30-14-28-12-26-10-24-2/h3-8H,9-14H2,1-2H3. The fourth-order valence-corrected chi connectivity index (χ4v) is 2.49. The fourth-order valence-electron chi connectivity index (χ4n) is 2.49. The Labute approximate surface area is 173 Å². The third-order valence-electron chi connectivity index (χ3n) is 3.74. The molecule has 0 bridgehead atoms. The van der Waals surface area contributed by atoms with E-state index in [0.717, 1.165) is 11.0 Å². The van der Waals surface area contributed by atoms with Gasteiger partial charge in [-0.25, -0.2) is 9.97 Å². The van der Waals surface area contributed by atoms with Crippen LogP contribution in [0.15, 0.2) is 36.4 Å². The Hall–Kier alpha value is -2.60. The minimum atomic E-state index is -0.0512. The van der Waals surface area contributed by atoms with Crippen LogP contribution in [0.25, 0.3) is 22.1 Å². The summed E-state index contributed by atoms with van der Waals surface area (Å²) in [4.78, 5) is 9.27. The average Bonchev–Trinajstić information content (AvgIpc) is 2.77. The van der Waals surface area contributed by atoms with Crippen molar-refractivity contribution in [2.45, 2.75) is 0 Å². The van der Waals surface area contributed by atoms with E-state index in [1.54, 1.807) is 12.1 Å². The van der Waals surface area contributed by atoms with E-state index >= 15 is 0 Å². The number of hydrogen-bond donors (Lipinski definition) is 0. The molecule has 0 radical (unpaired) electrons. The second kappa shape index (κ2) is 12.2. The zero-order chi connectivity index (χ0) is 21.0. The first kappa shape index (κ1) is 22.1. The van der Waals surface area contributed by atoms with Gasteiger partial charge in [-0.15, -0.1) is 0 Å². The normalized spacial score (nSPS) is 11.3. The van der Waals surface area contributed by atoms with Crippen LogP contribution in [0.5, 0.6) is 11.5 Å². The summed E-state index contributed by atoms with van der Waals surface area (Å²) in [6.07, 6.45) is 0. The van der Waals surface area contributed by atoms with Crippen molar-refractivity contribution < 1.29 is 37.9 Å². The molecule has 0 spiro atoms. The molecule has 3 aromatic rings. The molecular formula is C20H24N2O8. The van der Waals surface area contributed by atoms with Crippen molar-refractivity contribution in [3.63, 3.8) is 0 Å². The third kappa shape index (κ3) is 6.46. The molecule has 2 aromatic carbocycles. The van der Waals surface area contributed by atoms with Gasteiger partial charge in [-0.2, -0.15) is 0 Å². The fraction of sp³-hybridized carbons (Fsp3) is 0.400. The summed E-state index contributed by atoms with van der Waals surface area (Å²) in [5.41, 5.74) is 2.90. The van der Waals surface area contributed by atoms with Crippen molar-refractivity contribution in [2.24, 2.45) is 0 Å². The summed E-state index contributed by atoms with van der Waals surface area (Å²) in [6.45, 7) is 0.226. The van der Waals surface area contributed by atoms with Crippen LogP contribution >= 0.6 is 0 Å². The Kier molecular flexibility index (Phi) is 8.97. The van der Waals surface area contributed by atoms with Gasteiger partial charge in [-0.3, -0.25) is 0 Å². The van der Waals surface area contributed by atoms with Gasteiger partial charge in [-0.1, -0.05) is 12.1 Å². The summed E-state index contributed by atoms with van der Waals surface area (Å²) < 4.78 is 41.6. The van der Waals surface area contributed by atoms with Gasteiger partial charge >= 0.3 is 0 Å². The summed E-state index contributed by atoms with van der Waals surface area (Å²) in [7, 11) is 3.06. The highest BCUT2D eigenvalue weighted by Crippen LogP contribution is 2.32. The van der Waals surface area contributed by atoms with Gasteiger partial charge in [0.25, 0.3) is 0 Å². The maximum absolute atomic E-state index is 5.69. The lowest BCUT2D eigenvalue weighted by atomic mass is 10.2. The Morgan fingerprint density at radius 2 is 1.00 bits per heavy atom. The zero-order valence-electron chi connectivity index (χ0n) is 16.9. The van der Waals surface area contributed by atoms with Gasteiger partial charge in [0.15, 0.2) is 38.7 Å². The van der Waals surface area contributed by atoms with E-state index in [4.69, 9.17) is 37.9 Å². The summed E-state index contributed by atoms with van der Waals surface area (Å²) >= 11 is 0. The molecule has 30 heavy (non-hydrogen) atoms. The van der Waals surface area contributed by atoms with E-state index in [1.165, 1.54) is 14.2 Å². The Morgan fingerprint density at radius 1 is 0.567 bits per heavy atom. The molecule has 162 valence electrons. The maximum Gasteiger partial charge on any atom is 0.191 e. The van der Waals surface area contributed by atoms with Crippen LogP contribution in [0.3, 0.4) is 0 Å². The molecule has 3 rings (SSSR count). The van der Waals surface area contributed by atoms with Crippen LogP contribution in [-0.4, -0.2) is 64.9 Å². The van der Waals surface area contributed by atoms with Gasteiger partial charge in [0.2, 0.25) is 0 Å². The summed E-state index contributed by atoms with van der Waals surface area (Å²) in [6, 6.07) is 11.1. The largest absolute Gasteiger partial charge is 0.463 e. The van der Waals surface area contributed by atoms with Crippen LogP contribution in [-0.2, 0) is 28.4 Å². The van der Waals surface area contributed by atoms with Gasteiger partial charge in [0, 0.05) is 26.4 Å². The van der Waals surface area contributed by atoms with Crippen molar-refractivity contribution in [3.8, 4) is 11.5 Å². The maximum atomic E-state index is 5.69. The molecule has 0 aliphatic rings. The molecular weight excluding hydrogens is 396 g/mol. The number of aromatic nitrogens is 2. The van der Waals surface area contributed by atoms with Crippen molar-refractivity contribution >= 4 is 22.1 Å². The monoisotopic (exact) mass is 420 g/mol. The quantitative estimate of drug-likeness (QED) is 0.220. The van der Waals surface area contributed by atoms with E-state index in [-0.39, 0.29) is 40.8 Å². The SMILES string of the molecule is COCOCOCOc1cc2nc3ccccc3nc2cc1OCOCOCOC. The zero-order valence-corrected chi connectivity index (χ0v) is 16.9. The Balaban J connectivity index is 1.72. The van der Waals surface area contributed by atoms with Crippen LogP contribution in [0, 0.1) is 0 Å². The van der Waals surface area contributed by atoms with E-state index in [2.05, 4.69) is 9.97 Å². The summed E-state index contributed by atoms with van der Waals surface area (Å²) in [5, 5.41) is 0. The van der Waals surface area contributed by atoms with Gasteiger partial charge in [0.1, 0.15) is 13.6 Å². The van der Waals surface area contributed by atoms with Crippen molar-refractivity contribution in [1.29, 1.82) is 0 Å². The van der Waals surface area contributed by atoms with E-state index in [0.29, 0.717) is 22.5 Å². The highest BCUT2D eigenvalue weighted by Gasteiger charge is 2.11. The average molecular weight is 420 g/mol. The third-order valence-corrected chi connectivity index (χ3v) is 3.74. The molecule has 1 aromatic heterocycles. The van der Waals surface area contributed by atoms with Gasteiger partial charge in [-0.05, 0) is 12.1 Å². The number of para-hydroxylation sites is 2. The van der Waals surface area contributed by atoms with Crippen LogP contribution in [0.4, 0.5) is 0 Å². The molecule has 0 unspecified atom stereocenters. The number of ether oxygens (including phenoxy) is 8. The Morgan fingerprint density at radius 3 is 1.43 bits per heavy atom. The number of methoxy groups -OCH3 is 2. The van der Waals surface area contributed by atoms with Crippen LogP contribution in [0.2, 0.25) is 0 Å². The van der Waals surface area contributed by atoms with Crippen molar-refractivity contribution in [3.05, 3.63) is 36.4 Å². The first-order chi connectivity index (χ1) is 14.8. The van der Waals surface area contributed by atoms with Crippen molar-refractivity contribution in [2.75, 3.05) is 55.0 Å². The van der Waals surface area contributed by atoms with Gasteiger partial charge in [0.05, 0.1) is 22.1 Å². The molecule has 1 heterocycles. The van der Waals surface area contributed by atoms with E-state index < -0.39 is 0 Å². The number of hydrogen-bond acceptors (Lipinski definition) is 10. The van der Waals surface area contributed by atoms with E-state index in [1.807, 2.05) is 24.3 Å². The molecule has 0 N–H and O–H groups in total. The minimum Gasteiger partial charge on any atom is -0.463 e. The lowest BCUT2D eigenvalue weighted by Crippen LogP contribution is -2.11. The number of fused-ring (bicyclic) bond motifs is 2. The lowest BCUT2D eigenvalue weighted by Gasteiger charge is -2.14. The second-order valence-corrected chi connectivity index (χ2v) is 5.89. The molecule has 10 nitrogen and oxygen atoms in total. The highest BCUT2D eigenvalue weighted by atomic mass is 16.8. The molecule has 0 saturated heterocycles. The lowest BCUT2D eigenvalue weighted by molar-refractivity contribution is -0.148. The van der Waals surface area contributed by atoms with Gasteiger partial charge < -0.3 is 37.9 Å². The minimum absolute atomic E-state index is 0.0298. The first-order valence-corrected chi connectivity index (χ1v) is 9.07.